The summed E-state index contributed by atoms with van der Waals surface area (Å²) in [6.07, 6.45) is 1.81. The number of benzene rings is 1. The first-order chi connectivity index (χ1) is 9.02. The standard InChI is InChI=1S/C13H14N2O4/c1-9(13(16)19-2)8-14-6-5-10-3-4-11(15(17)18)7-12(10)14/h3-7,9H,8H2,1-2H3. The van der Waals surface area contributed by atoms with Crippen LogP contribution in [0.3, 0.4) is 0 Å². The number of rotatable bonds is 4. The second kappa shape index (κ2) is 5.09. The molecule has 0 saturated heterocycles. The van der Waals surface area contributed by atoms with Crippen LogP contribution in [0.2, 0.25) is 0 Å². The smallest absolute Gasteiger partial charge is 0.310 e. The number of esters is 1. The van der Waals surface area contributed by atoms with E-state index in [4.69, 9.17) is 0 Å². The lowest BCUT2D eigenvalue weighted by Gasteiger charge is -2.11. The van der Waals surface area contributed by atoms with Crippen molar-refractivity contribution in [2.45, 2.75) is 13.5 Å². The first-order valence-corrected chi connectivity index (χ1v) is 5.84. The molecule has 0 radical (unpaired) electrons. The summed E-state index contributed by atoms with van der Waals surface area (Å²) in [6.45, 7) is 2.19. The fourth-order valence-electron chi connectivity index (χ4n) is 2.02. The SMILES string of the molecule is COC(=O)C(C)Cn1ccc2ccc([N+](=O)[O-])cc21. The van der Waals surface area contributed by atoms with Crippen molar-refractivity contribution in [2.75, 3.05) is 7.11 Å². The molecule has 0 aliphatic heterocycles. The van der Waals surface area contributed by atoms with Crippen molar-refractivity contribution >= 4 is 22.6 Å². The summed E-state index contributed by atoms with van der Waals surface area (Å²) in [6, 6.07) is 6.55. The number of non-ortho nitro benzene ring substituents is 1. The quantitative estimate of drug-likeness (QED) is 0.481. The van der Waals surface area contributed by atoms with Crippen LogP contribution in [0.1, 0.15) is 6.92 Å². The fraction of sp³-hybridized carbons (Fsp3) is 0.308. The summed E-state index contributed by atoms with van der Waals surface area (Å²) in [4.78, 5) is 21.8. The molecule has 1 aromatic carbocycles. The first-order valence-electron chi connectivity index (χ1n) is 5.84. The lowest BCUT2D eigenvalue weighted by Crippen LogP contribution is -2.18. The van der Waals surface area contributed by atoms with E-state index < -0.39 is 4.92 Å². The molecule has 1 unspecified atom stereocenters. The van der Waals surface area contributed by atoms with Crippen molar-refractivity contribution in [1.29, 1.82) is 0 Å². The minimum Gasteiger partial charge on any atom is -0.469 e. The third-order valence-electron chi connectivity index (χ3n) is 3.04. The van der Waals surface area contributed by atoms with Crippen LogP contribution in [0.15, 0.2) is 30.5 Å². The molecule has 0 aliphatic rings. The molecule has 0 fully saturated rings. The monoisotopic (exact) mass is 262 g/mol. The molecule has 6 nitrogen and oxygen atoms in total. The molecule has 6 heteroatoms. The molecule has 2 aromatic rings. The lowest BCUT2D eigenvalue weighted by molar-refractivity contribution is -0.384. The number of hydrogen-bond acceptors (Lipinski definition) is 4. The number of hydrogen-bond donors (Lipinski definition) is 0. The molecule has 19 heavy (non-hydrogen) atoms. The second-order valence-electron chi connectivity index (χ2n) is 4.39. The highest BCUT2D eigenvalue weighted by Gasteiger charge is 2.16. The molecule has 0 saturated carbocycles. The van der Waals surface area contributed by atoms with Gasteiger partial charge in [-0.2, -0.15) is 0 Å². The predicted molar refractivity (Wildman–Crippen MR) is 69.8 cm³/mol. The van der Waals surface area contributed by atoms with E-state index in [-0.39, 0.29) is 17.6 Å². The number of aromatic nitrogens is 1. The van der Waals surface area contributed by atoms with Crippen LogP contribution in [-0.4, -0.2) is 22.6 Å². The zero-order chi connectivity index (χ0) is 14.0. The number of methoxy groups -OCH3 is 1. The Morgan fingerprint density at radius 1 is 1.47 bits per heavy atom. The van der Waals surface area contributed by atoms with Crippen molar-refractivity contribution < 1.29 is 14.5 Å². The van der Waals surface area contributed by atoms with E-state index in [1.54, 1.807) is 13.0 Å². The van der Waals surface area contributed by atoms with Gasteiger partial charge in [-0.1, -0.05) is 6.92 Å². The number of ether oxygens (including phenoxy) is 1. The van der Waals surface area contributed by atoms with Gasteiger partial charge in [0.1, 0.15) is 0 Å². The largest absolute Gasteiger partial charge is 0.469 e. The molecular weight excluding hydrogens is 248 g/mol. The van der Waals surface area contributed by atoms with Crippen LogP contribution >= 0.6 is 0 Å². The Morgan fingerprint density at radius 2 is 2.21 bits per heavy atom. The van der Waals surface area contributed by atoms with Crippen LogP contribution in [0.5, 0.6) is 0 Å². The van der Waals surface area contributed by atoms with Crippen molar-refractivity contribution in [3.05, 3.63) is 40.6 Å². The third-order valence-corrected chi connectivity index (χ3v) is 3.04. The van der Waals surface area contributed by atoms with Gasteiger partial charge in [0.2, 0.25) is 0 Å². The van der Waals surface area contributed by atoms with Gasteiger partial charge >= 0.3 is 5.97 Å². The molecule has 1 heterocycles. The molecule has 0 spiro atoms. The van der Waals surface area contributed by atoms with Crippen molar-refractivity contribution in [1.82, 2.24) is 4.57 Å². The summed E-state index contributed by atoms with van der Waals surface area (Å²) in [5.74, 6) is -0.604. The van der Waals surface area contributed by atoms with Gasteiger partial charge in [0.05, 0.1) is 23.5 Å². The Bertz CT molecular complexity index is 633. The Labute approximate surface area is 109 Å². The number of carbonyl (C=O) groups is 1. The maximum atomic E-state index is 11.4. The Hall–Kier alpha value is -2.37. The topological polar surface area (TPSA) is 74.4 Å². The second-order valence-corrected chi connectivity index (χ2v) is 4.39. The molecule has 0 aliphatic carbocycles. The van der Waals surface area contributed by atoms with Gasteiger partial charge in [0.25, 0.3) is 5.69 Å². The van der Waals surface area contributed by atoms with E-state index >= 15 is 0 Å². The molecule has 0 bridgehead atoms. The number of nitro groups is 1. The van der Waals surface area contributed by atoms with E-state index in [9.17, 15) is 14.9 Å². The number of nitrogens with zero attached hydrogens (tertiary/aromatic N) is 2. The van der Waals surface area contributed by atoms with Crippen molar-refractivity contribution in [3.8, 4) is 0 Å². The van der Waals surface area contributed by atoms with Gasteiger partial charge in [0, 0.05) is 30.3 Å². The summed E-state index contributed by atoms with van der Waals surface area (Å²) in [7, 11) is 1.34. The molecule has 1 atom stereocenters. The van der Waals surface area contributed by atoms with Gasteiger partial charge in [-0.25, -0.2) is 0 Å². The average Bonchev–Trinajstić information content (AvgIpc) is 2.80. The Balaban J connectivity index is 2.35. The highest BCUT2D eigenvalue weighted by atomic mass is 16.6. The number of carbonyl (C=O) groups excluding carboxylic acids is 1. The Morgan fingerprint density at radius 3 is 2.84 bits per heavy atom. The van der Waals surface area contributed by atoms with E-state index in [0.717, 1.165) is 10.9 Å². The zero-order valence-electron chi connectivity index (χ0n) is 10.7. The maximum Gasteiger partial charge on any atom is 0.310 e. The van der Waals surface area contributed by atoms with Crippen molar-refractivity contribution in [2.24, 2.45) is 5.92 Å². The molecule has 0 N–H and O–H groups in total. The Kier molecular flexibility index (Phi) is 3.50. The van der Waals surface area contributed by atoms with Crippen molar-refractivity contribution in [3.63, 3.8) is 0 Å². The summed E-state index contributed by atoms with van der Waals surface area (Å²) < 4.78 is 6.50. The van der Waals surface area contributed by atoms with Crippen LogP contribution in [-0.2, 0) is 16.1 Å². The summed E-state index contributed by atoms with van der Waals surface area (Å²) >= 11 is 0. The van der Waals surface area contributed by atoms with Gasteiger partial charge in [-0.3, -0.25) is 14.9 Å². The highest BCUT2D eigenvalue weighted by Crippen LogP contribution is 2.22. The molecule has 1 aromatic heterocycles. The zero-order valence-corrected chi connectivity index (χ0v) is 10.7. The number of nitro benzene ring substituents is 1. The van der Waals surface area contributed by atoms with Crippen LogP contribution in [0.25, 0.3) is 10.9 Å². The molecule has 0 amide bonds. The van der Waals surface area contributed by atoms with Gasteiger partial charge < -0.3 is 9.30 Å². The summed E-state index contributed by atoms with van der Waals surface area (Å²) in [5.41, 5.74) is 0.781. The van der Waals surface area contributed by atoms with E-state index in [2.05, 4.69) is 4.74 Å². The highest BCUT2D eigenvalue weighted by molar-refractivity contribution is 5.82. The van der Waals surface area contributed by atoms with Gasteiger partial charge in [-0.05, 0) is 12.1 Å². The van der Waals surface area contributed by atoms with E-state index in [1.165, 1.54) is 19.2 Å². The molecule has 2 rings (SSSR count). The first kappa shape index (κ1) is 13.1. The van der Waals surface area contributed by atoms with Gasteiger partial charge in [0.15, 0.2) is 0 Å². The van der Waals surface area contributed by atoms with Crippen LogP contribution in [0.4, 0.5) is 5.69 Å². The summed E-state index contributed by atoms with van der Waals surface area (Å²) in [5, 5.41) is 11.7. The minimum absolute atomic E-state index is 0.0400. The average molecular weight is 262 g/mol. The molecule has 100 valence electrons. The fourth-order valence-corrected chi connectivity index (χ4v) is 2.02. The van der Waals surface area contributed by atoms with Gasteiger partial charge in [-0.15, -0.1) is 0 Å². The number of fused-ring (bicyclic) bond motifs is 1. The third kappa shape index (κ3) is 2.57. The van der Waals surface area contributed by atoms with Crippen LogP contribution < -0.4 is 0 Å². The van der Waals surface area contributed by atoms with E-state index in [1.807, 2.05) is 16.8 Å². The lowest BCUT2D eigenvalue weighted by atomic mass is 10.2. The van der Waals surface area contributed by atoms with E-state index in [0.29, 0.717) is 6.54 Å². The maximum absolute atomic E-state index is 11.4. The minimum atomic E-state index is -0.430. The molecular formula is C13H14N2O4. The normalized spacial score (nSPS) is 12.3. The van der Waals surface area contributed by atoms with Crippen LogP contribution in [0, 0.1) is 16.0 Å². The predicted octanol–water partition coefficient (Wildman–Crippen LogP) is 2.36.